The third-order valence-electron chi connectivity index (χ3n) is 2.82. The maximum absolute atomic E-state index is 11.7. The largest absolute Gasteiger partial charge is 0.496 e. The number of rotatable bonds is 5. The summed E-state index contributed by atoms with van der Waals surface area (Å²) in [5.41, 5.74) is 1.74. The summed E-state index contributed by atoms with van der Waals surface area (Å²) in [5.74, 6) is 0.566. The third kappa shape index (κ3) is 5.21. The first-order chi connectivity index (χ1) is 9.23. The summed E-state index contributed by atoms with van der Waals surface area (Å²) in [6.45, 7) is 9.79. The molecule has 1 aromatic carbocycles. The molecule has 1 rings (SSSR count). The molecule has 0 saturated carbocycles. The number of aryl methyl sites for hydroxylation is 1. The van der Waals surface area contributed by atoms with Crippen molar-refractivity contribution in [3.05, 3.63) is 29.3 Å². The maximum atomic E-state index is 11.7. The SMILES string of the molecule is COc1ccc(C)cc1C(C)NCC(=O)OC(C)(C)C. The Morgan fingerprint density at radius 2 is 2.00 bits per heavy atom. The van der Waals surface area contributed by atoms with E-state index in [1.807, 2.05) is 46.8 Å². The highest BCUT2D eigenvalue weighted by Gasteiger charge is 2.18. The molecule has 0 heterocycles. The van der Waals surface area contributed by atoms with Crippen molar-refractivity contribution in [2.24, 2.45) is 0 Å². The van der Waals surface area contributed by atoms with Crippen LogP contribution in [-0.2, 0) is 9.53 Å². The molecule has 4 nitrogen and oxygen atoms in total. The maximum Gasteiger partial charge on any atom is 0.320 e. The van der Waals surface area contributed by atoms with Crippen LogP contribution in [0.4, 0.5) is 0 Å². The van der Waals surface area contributed by atoms with Gasteiger partial charge in [-0.2, -0.15) is 0 Å². The number of ether oxygens (including phenoxy) is 2. The van der Waals surface area contributed by atoms with Crippen LogP contribution in [0.1, 0.15) is 44.9 Å². The Balaban J connectivity index is 2.65. The van der Waals surface area contributed by atoms with Gasteiger partial charge in [-0.15, -0.1) is 0 Å². The fraction of sp³-hybridized carbons (Fsp3) is 0.562. The van der Waals surface area contributed by atoms with E-state index in [1.54, 1.807) is 7.11 Å². The summed E-state index contributed by atoms with van der Waals surface area (Å²) in [6, 6.07) is 6.02. The van der Waals surface area contributed by atoms with E-state index in [-0.39, 0.29) is 18.6 Å². The number of nitrogens with one attached hydrogen (secondary N) is 1. The summed E-state index contributed by atoms with van der Waals surface area (Å²) < 4.78 is 10.6. The molecule has 0 saturated heterocycles. The van der Waals surface area contributed by atoms with Gasteiger partial charge in [0.1, 0.15) is 11.4 Å². The van der Waals surface area contributed by atoms with Gasteiger partial charge in [0, 0.05) is 11.6 Å². The van der Waals surface area contributed by atoms with E-state index in [0.717, 1.165) is 16.9 Å². The average molecular weight is 279 g/mol. The fourth-order valence-electron chi connectivity index (χ4n) is 1.92. The van der Waals surface area contributed by atoms with Gasteiger partial charge in [-0.05, 0) is 40.7 Å². The molecule has 20 heavy (non-hydrogen) atoms. The van der Waals surface area contributed by atoms with Gasteiger partial charge in [0.15, 0.2) is 0 Å². The van der Waals surface area contributed by atoms with Crippen molar-refractivity contribution in [1.82, 2.24) is 5.32 Å². The second-order valence-corrected chi connectivity index (χ2v) is 5.93. The van der Waals surface area contributed by atoms with E-state index in [9.17, 15) is 4.79 Å². The molecule has 1 atom stereocenters. The number of carbonyl (C=O) groups is 1. The van der Waals surface area contributed by atoms with Gasteiger partial charge in [0.05, 0.1) is 13.7 Å². The van der Waals surface area contributed by atoms with Crippen molar-refractivity contribution >= 4 is 5.97 Å². The van der Waals surface area contributed by atoms with Crippen molar-refractivity contribution in [1.29, 1.82) is 0 Å². The van der Waals surface area contributed by atoms with Crippen molar-refractivity contribution in [3.8, 4) is 5.75 Å². The van der Waals surface area contributed by atoms with Crippen LogP contribution in [0.3, 0.4) is 0 Å². The molecule has 1 aromatic rings. The van der Waals surface area contributed by atoms with Gasteiger partial charge in [-0.25, -0.2) is 0 Å². The third-order valence-corrected chi connectivity index (χ3v) is 2.82. The molecule has 1 N–H and O–H groups in total. The van der Waals surface area contributed by atoms with Crippen molar-refractivity contribution in [3.63, 3.8) is 0 Å². The second kappa shape index (κ2) is 6.75. The normalized spacial score (nSPS) is 12.9. The molecule has 0 aliphatic heterocycles. The van der Waals surface area contributed by atoms with Crippen LogP contribution in [0.5, 0.6) is 5.75 Å². The van der Waals surface area contributed by atoms with E-state index in [2.05, 4.69) is 11.4 Å². The predicted molar refractivity (Wildman–Crippen MR) is 80.0 cm³/mol. The van der Waals surface area contributed by atoms with Crippen LogP contribution in [0.15, 0.2) is 18.2 Å². The van der Waals surface area contributed by atoms with Crippen LogP contribution < -0.4 is 10.1 Å². The second-order valence-electron chi connectivity index (χ2n) is 5.93. The minimum atomic E-state index is -0.455. The highest BCUT2D eigenvalue weighted by molar-refractivity contribution is 5.72. The number of carbonyl (C=O) groups excluding carboxylic acids is 1. The molecule has 1 unspecified atom stereocenters. The Morgan fingerprint density at radius 1 is 1.35 bits per heavy atom. The summed E-state index contributed by atoms with van der Waals surface area (Å²) in [6.07, 6.45) is 0. The highest BCUT2D eigenvalue weighted by Crippen LogP contribution is 2.25. The van der Waals surface area contributed by atoms with E-state index in [4.69, 9.17) is 9.47 Å². The Labute approximate surface area is 121 Å². The van der Waals surface area contributed by atoms with Crippen LogP contribution in [0.25, 0.3) is 0 Å². The van der Waals surface area contributed by atoms with Crippen molar-refractivity contribution in [2.45, 2.75) is 46.3 Å². The quantitative estimate of drug-likeness (QED) is 0.842. The topological polar surface area (TPSA) is 47.6 Å². The van der Waals surface area contributed by atoms with Gasteiger partial charge in [0.2, 0.25) is 0 Å². The van der Waals surface area contributed by atoms with E-state index >= 15 is 0 Å². The number of methoxy groups -OCH3 is 1. The lowest BCUT2D eigenvalue weighted by atomic mass is 10.0. The number of hydrogen-bond donors (Lipinski definition) is 1. The van der Waals surface area contributed by atoms with E-state index in [1.165, 1.54) is 0 Å². The summed E-state index contributed by atoms with van der Waals surface area (Å²) in [5, 5.41) is 3.17. The molecule has 4 heteroatoms. The Bertz CT molecular complexity index is 463. The molecule has 0 spiro atoms. The zero-order valence-electron chi connectivity index (χ0n) is 13.2. The molecule has 0 amide bonds. The lowest BCUT2D eigenvalue weighted by molar-refractivity contribution is -0.153. The lowest BCUT2D eigenvalue weighted by Crippen LogP contribution is -2.32. The van der Waals surface area contributed by atoms with Crippen molar-refractivity contribution < 1.29 is 14.3 Å². The first-order valence-corrected chi connectivity index (χ1v) is 6.82. The fourth-order valence-corrected chi connectivity index (χ4v) is 1.92. The lowest BCUT2D eigenvalue weighted by Gasteiger charge is -2.21. The Kier molecular flexibility index (Phi) is 5.57. The van der Waals surface area contributed by atoms with Gasteiger partial charge in [0.25, 0.3) is 0 Å². The zero-order valence-corrected chi connectivity index (χ0v) is 13.2. The van der Waals surface area contributed by atoms with Crippen LogP contribution >= 0.6 is 0 Å². The smallest absolute Gasteiger partial charge is 0.320 e. The van der Waals surface area contributed by atoms with Gasteiger partial charge >= 0.3 is 5.97 Å². The standard InChI is InChI=1S/C16H25NO3/c1-11-7-8-14(19-6)13(9-11)12(2)17-10-15(18)20-16(3,4)5/h7-9,12,17H,10H2,1-6H3. The summed E-state index contributed by atoms with van der Waals surface area (Å²) >= 11 is 0. The van der Waals surface area contributed by atoms with E-state index < -0.39 is 5.60 Å². The molecule has 0 bridgehead atoms. The van der Waals surface area contributed by atoms with Crippen molar-refractivity contribution in [2.75, 3.05) is 13.7 Å². The molecular weight excluding hydrogens is 254 g/mol. The molecule has 0 aliphatic carbocycles. The molecule has 0 aromatic heterocycles. The molecule has 112 valence electrons. The number of benzene rings is 1. The van der Waals surface area contributed by atoms with Gasteiger partial charge in [-0.1, -0.05) is 17.7 Å². The zero-order chi connectivity index (χ0) is 15.3. The summed E-state index contributed by atoms with van der Waals surface area (Å²) in [7, 11) is 1.65. The van der Waals surface area contributed by atoms with Crippen LogP contribution in [0, 0.1) is 6.92 Å². The molecule has 0 fully saturated rings. The summed E-state index contributed by atoms with van der Waals surface area (Å²) in [4.78, 5) is 11.7. The Hall–Kier alpha value is -1.55. The molecular formula is C16H25NO3. The number of hydrogen-bond acceptors (Lipinski definition) is 4. The van der Waals surface area contributed by atoms with Gasteiger partial charge < -0.3 is 14.8 Å². The minimum absolute atomic E-state index is 0.0115. The van der Waals surface area contributed by atoms with Gasteiger partial charge in [-0.3, -0.25) is 4.79 Å². The Morgan fingerprint density at radius 3 is 2.55 bits per heavy atom. The average Bonchev–Trinajstić information content (AvgIpc) is 2.33. The first-order valence-electron chi connectivity index (χ1n) is 6.82. The molecule has 0 radical (unpaired) electrons. The minimum Gasteiger partial charge on any atom is -0.496 e. The first kappa shape index (κ1) is 16.5. The predicted octanol–water partition coefficient (Wildman–Crippen LogP) is 3.00. The van der Waals surface area contributed by atoms with E-state index in [0.29, 0.717) is 0 Å². The van der Waals surface area contributed by atoms with Crippen LogP contribution in [0.2, 0.25) is 0 Å². The highest BCUT2D eigenvalue weighted by atomic mass is 16.6. The monoisotopic (exact) mass is 279 g/mol. The van der Waals surface area contributed by atoms with Crippen LogP contribution in [-0.4, -0.2) is 25.2 Å². The molecule has 0 aliphatic rings. The number of esters is 1.